The van der Waals surface area contributed by atoms with E-state index in [1.807, 2.05) is 6.07 Å². The molecular weight excluding hydrogens is 237 g/mol. The summed E-state index contributed by atoms with van der Waals surface area (Å²) in [5.41, 5.74) is 1.20. The Bertz CT molecular complexity index is 419. The second kappa shape index (κ2) is 4.58. The van der Waals surface area contributed by atoms with Gasteiger partial charge in [-0.05, 0) is 42.0 Å². The molecule has 0 aromatic heterocycles. The molecule has 1 aromatic carbocycles. The van der Waals surface area contributed by atoms with Crippen LogP contribution in [0.5, 0.6) is 0 Å². The Labute approximate surface area is 107 Å². The van der Waals surface area contributed by atoms with Gasteiger partial charge in [0.05, 0.1) is 0 Å². The monoisotopic (exact) mass is 255 g/mol. The maximum Gasteiger partial charge on any atom is 0.124 e. The van der Waals surface area contributed by atoms with Crippen molar-refractivity contribution < 1.29 is 4.39 Å². The molecule has 1 N–H and O–H groups in total. The third kappa shape index (κ3) is 2.63. The van der Waals surface area contributed by atoms with Gasteiger partial charge in [-0.3, -0.25) is 0 Å². The van der Waals surface area contributed by atoms with Crippen molar-refractivity contribution >= 4 is 11.6 Å². The lowest BCUT2D eigenvalue weighted by molar-refractivity contribution is 0.528. The molecule has 0 radical (unpaired) electrons. The van der Waals surface area contributed by atoms with E-state index in [-0.39, 0.29) is 11.2 Å². The molecule has 0 aliphatic heterocycles. The van der Waals surface area contributed by atoms with Gasteiger partial charge in [-0.2, -0.15) is 0 Å². The summed E-state index contributed by atoms with van der Waals surface area (Å²) >= 11 is 6.12. The molecule has 0 amide bonds. The quantitative estimate of drug-likeness (QED) is 0.864. The van der Waals surface area contributed by atoms with Crippen molar-refractivity contribution in [2.24, 2.45) is 5.92 Å². The molecule has 2 unspecified atom stereocenters. The highest BCUT2D eigenvalue weighted by Gasteiger charge is 2.51. The molecule has 2 rings (SSSR count). The lowest BCUT2D eigenvalue weighted by Crippen LogP contribution is -2.26. The molecule has 1 fully saturated rings. The lowest BCUT2D eigenvalue weighted by atomic mass is 9.95. The van der Waals surface area contributed by atoms with Gasteiger partial charge in [0, 0.05) is 11.1 Å². The molecule has 1 aromatic rings. The summed E-state index contributed by atoms with van der Waals surface area (Å²) in [5.74, 6) is 0.340. The first kappa shape index (κ1) is 12.8. The third-order valence-electron chi connectivity index (χ3n) is 3.73. The topological polar surface area (TPSA) is 12.0 Å². The Morgan fingerprint density at radius 3 is 2.82 bits per heavy atom. The molecule has 3 heteroatoms. The number of halogens is 2. The fourth-order valence-corrected chi connectivity index (χ4v) is 2.79. The van der Waals surface area contributed by atoms with Crippen LogP contribution in [0.25, 0.3) is 0 Å². The Morgan fingerprint density at radius 1 is 1.53 bits per heavy atom. The predicted molar refractivity (Wildman–Crippen MR) is 70.0 cm³/mol. The van der Waals surface area contributed by atoms with Crippen molar-refractivity contribution in [1.82, 2.24) is 5.32 Å². The Hall–Kier alpha value is -0.600. The second-order valence-corrected chi connectivity index (χ2v) is 5.91. The normalized spacial score (nSPS) is 27.5. The Balaban J connectivity index is 2.08. The van der Waals surface area contributed by atoms with E-state index < -0.39 is 0 Å². The summed E-state index contributed by atoms with van der Waals surface area (Å²) in [6.45, 7) is 7.50. The highest BCUT2D eigenvalue weighted by Crippen LogP contribution is 2.55. The molecule has 1 saturated carbocycles. The van der Waals surface area contributed by atoms with Crippen LogP contribution in [0.2, 0.25) is 5.02 Å². The van der Waals surface area contributed by atoms with Gasteiger partial charge in [0.2, 0.25) is 0 Å². The molecular formula is C14H19ClFN. The van der Waals surface area contributed by atoms with Crippen LogP contribution < -0.4 is 5.32 Å². The Morgan fingerprint density at radius 2 is 2.24 bits per heavy atom. The van der Waals surface area contributed by atoms with Crippen LogP contribution in [0.1, 0.15) is 32.8 Å². The van der Waals surface area contributed by atoms with E-state index in [4.69, 9.17) is 11.6 Å². The number of nitrogens with one attached hydrogen (secondary N) is 1. The number of benzene rings is 1. The molecule has 17 heavy (non-hydrogen) atoms. The van der Waals surface area contributed by atoms with Crippen LogP contribution in [0.3, 0.4) is 0 Å². The highest BCUT2D eigenvalue weighted by atomic mass is 35.5. The predicted octanol–water partition coefficient (Wildman–Crippen LogP) is 3.75. The number of rotatable bonds is 4. The fourth-order valence-electron chi connectivity index (χ4n) is 2.41. The summed E-state index contributed by atoms with van der Waals surface area (Å²) in [7, 11) is 0. The molecule has 0 spiro atoms. The molecule has 1 nitrogen and oxygen atoms in total. The SMILES string of the molecule is CC(C)NCC1CC1(C)c1ccc(F)cc1Cl. The summed E-state index contributed by atoms with van der Waals surface area (Å²) in [5, 5.41) is 4.00. The summed E-state index contributed by atoms with van der Waals surface area (Å²) in [4.78, 5) is 0. The number of hydrogen-bond acceptors (Lipinski definition) is 1. The fraction of sp³-hybridized carbons (Fsp3) is 0.571. The zero-order chi connectivity index (χ0) is 12.6. The molecule has 1 aliphatic carbocycles. The first-order valence-electron chi connectivity index (χ1n) is 6.12. The van der Waals surface area contributed by atoms with E-state index in [1.54, 1.807) is 0 Å². The van der Waals surface area contributed by atoms with Gasteiger partial charge in [-0.15, -0.1) is 0 Å². The molecule has 0 heterocycles. The van der Waals surface area contributed by atoms with Gasteiger partial charge < -0.3 is 5.32 Å². The van der Waals surface area contributed by atoms with Crippen LogP contribution in [-0.2, 0) is 5.41 Å². The zero-order valence-corrected chi connectivity index (χ0v) is 11.3. The molecule has 94 valence electrons. The van der Waals surface area contributed by atoms with Crippen LogP contribution in [0.15, 0.2) is 18.2 Å². The van der Waals surface area contributed by atoms with Crippen molar-refractivity contribution in [3.8, 4) is 0 Å². The van der Waals surface area contributed by atoms with E-state index in [0.29, 0.717) is 17.0 Å². The van der Waals surface area contributed by atoms with Crippen molar-refractivity contribution in [3.63, 3.8) is 0 Å². The van der Waals surface area contributed by atoms with E-state index in [9.17, 15) is 4.39 Å². The third-order valence-corrected chi connectivity index (χ3v) is 4.04. The van der Waals surface area contributed by atoms with Crippen LogP contribution in [-0.4, -0.2) is 12.6 Å². The second-order valence-electron chi connectivity index (χ2n) is 5.51. The van der Waals surface area contributed by atoms with Gasteiger partial charge in [0.1, 0.15) is 5.82 Å². The van der Waals surface area contributed by atoms with Gasteiger partial charge in [-0.1, -0.05) is 38.4 Å². The molecule has 1 aliphatic rings. The first-order chi connectivity index (χ1) is 7.93. The average molecular weight is 256 g/mol. The minimum atomic E-state index is -0.264. The van der Waals surface area contributed by atoms with E-state index >= 15 is 0 Å². The number of hydrogen-bond donors (Lipinski definition) is 1. The highest BCUT2D eigenvalue weighted by molar-refractivity contribution is 6.31. The van der Waals surface area contributed by atoms with Crippen molar-refractivity contribution in [3.05, 3.63) is 34.6 Å². The summed E-state index contributed by atoms with van der Waals surface area (Å²) < 4.78 is 13.0. The lowest BCUT2D eigenvalue weighted by Gasteiger charge is -2.15. The van der Waals surface area contributed by atoms with Gasteiger partial charge in [-0.25, -0.2) is 4.39 Å². The Kier molecular flexibility index (Phi) is 3.46. The smallest absolute Gasteiger partial charge is 0.124 e. The van der Waals surface area contributed by atoms with Crippen LogP contribution >= 0.6 is 11.6 Å². The molecule has 0 bridgehead atoms. The van der Waals surface area contributed by atoms with E-state index in [1.165, 1.54) is 12.1 Å². The average Bonchev–Trinajstić information content (AvgIpc) is 2.87. The van der Waals surface area contributed by atoms with Gasteiger partial charge in [0.25, 0.3) is 0 Å². The standard InChI is InChI=1S/C14H19ClFN/c1-9(2)17-8-10-7-14(10,3)12-5-4-11(16)6-13(12)15/h4-6,9-10,17H,7-8H2,1-3H3. The van der Waals surface area contributed by atoms with Crippen LogP contribution in [0, 0.1) is 11.7 Å². The van der Waals surface area contributed by atoms with Crippen LogP contribution in [0.4, 0.5) is 4.39 Å². The molecule has 0 saturated heterocycles. The van der Waals surface area contributed by atoms with Crippen molar-refractivity contribution in [2.45, 2.75) is 38.6 Å². The zero-order valence-electron chi connectivity index (χ0n) is 10.6. The van der Waals surface area contributed by atoms with Gasteiger partial charge >= 0.3 is 0 Å². The van der Waals surface area contributed by atoms with E-state index in [0.717, 1.165) is 18.5 Å². The van der Waals surface area contributed by atoms with E-state index in [2.05, 4.69) is 26.1 Å². The largest absolute Gasteiger partial charge is 0.314 e. The van der Waals surface area contributed by atoms with Gasteiger partial charge in [0.15, 0.2) is 0 Å². The first-order valence-corrected chi connectivity index (χ1v) is 6.50. The minimum Gasteiger partial charge on any atom is -0.314 e. The maximum absolute atomic E-state index is 13.0. The minimum absolute atomic E-state index is 0.118. The summed E-state index contributed by atoms with van der Waals surface area (Å²) in [6.07, 6.45) is 1.12. The maximum atomic E-state index is 13.0. The van der Waals surface area contributed by atoms with Crippen molar-refractivity contribution in [2.75, 3.05) is 6.54 Å². The molecule has 2 atom stereocenters. The summed E-state index contributed by atoms with van der Waals surface area (Å²) in [6, 6.07) is 5.24. The van der Waals surface area contributed by atoms with Crippen molar-refractivity contribution in [1.29, 1.82) is 0 Å².